The van der Waals surface area contributed by atoms with Crippen molar-refractivity contribution in [1.29, 1.82) is 0 Å². The summed E-state index contributed by atoms with van der Waals surface area (Å²) in [4.78, 5) is 14.6. The molecule has 2 N–H and O–H groups in total. The van der Waals surface area contributed by atoms with E-state index in [-0.39, 0.29) is 11.9 Å². The lowest BCUT2D eigenvalue weighted by Crippen LogP contribution is -2.50. The minimum atomic E-state index is 0.245. The molecule has 20 heavy (non-hydrogen) atoms. The van der Waals surface area contributed by atoms with Crippen LogP contribution in [0, 0.1) is 0 Å². The SMILES string of the molecule is COc1ccc(CC(=O)N2C3CCC2CC(N)C3)cc1. The summed E-state index contributed by atoms with van der Waals surface area (Å²) in [6.45, 7) is 0. The molecule has 1 amide bonds. The van der Waals surface area contributed by atoms with E-state index in [0.29, 0.717) is 18.5 Å². The highest BCUT2D eigenvalue weighted by Gasteiger charge is 2.41. The number of fused-ring (bicyclic) bond motifs is 2. The van der Waals surface area contributed by atoms with Crippen LogP contribution in [0.15, 0.2) is 24.3 Å². The summed E-state index contributed by atoms with van der Waals surface area (Å²) < 4.78 is 5.14. The van der Waals surface area contributed by atoms with E-state index in [4.69, 9.17) is 10.5 Å². The molecule has 0 saturated carbocycles. The van der Waals surface area contributed by atoms with Gasteiger partial charge in [-0.1, -0.05) is 12.1 Å². The monoisotopic (exact) mass is 274 g/mol. The van der Waals surface area contributed by atoms with Crippen LogP contribution in [0.1, 0.15) is 31.2 Å². The van der Waals surface area contributed by atoms with Crippen molar-refractivity contribution in [3.8, 4) is 5.75 Å². The summed E-state index contributed by atoms with van der Waals surface area (Å²) >= 11 is 0. The van der Waals surface area contributed by atoms with Gasteiger partial charge in [-0.25, -0.2) is 0 Å². The van der Waals surface area contributed by atoms with Crippen LogP contribution in [0.25, 0.3) is 0 Å². The van der Waals surface area contributed by atoms with Crippen LogP contribution in [-0.2, 0) is 11.2 Å². The number of carbonyl (C=O) groups is 1. The second-order valence-corrected chi connectivity index (χ2v) is 5.94. The highest BCUT2D eigenvalue weighted by Crippen LogP contribution is 2.35. The summed E-state index contributed by atoms with van der Waals surface area (Å²) in [5.41, 5.74) is 7.10. The Bertz CT molecular complexity index is 472. The van der Waals surface area contributed by atoms with Gasteiger partial charge in [-0.05, 0) is 43.4 Å². The highest BCUT2D eigenvalue weighted by molar-refractivity contribution is 5.80. The lowest BCUT2D eigenvalue weighted by atomic mass is 9.97. The number of benzene rings is 1. The molecule has 1 aromatic carbocycles. The van der Waals surface area contributed by atoms with E-state index in [2.05, 4.69) is 4.90 Å². The predicted octanol–water partition coefficient (Wildman–Crippen LogP) is 1.72. The van der Waals surface area contributed by atoms with E-state index in [9.17, 15) is 4.79 Å². The molecule has 4 heteroatoms. The molecule has 4 nitrogen and oxygen atoms in total. The fraction of sp³-hybridized carbons (Fsp3) is 0.562. The van der Waals surface area contributed by atoms with Crippen molar-refractivity contribution in [1.82, 2.24) is 4.90 Å². The van der Waals surface area contributed by atoms with Gasteiger partial charge in [0.2, 0.25) is 5.91 Å². The van der Waals surface area contributed by atoms with E-state index in [1.165, 1.54) is 0 Å². The van der Waals surface area contributed by atoms with Gasteiger partial charge in [0, 0.05) is 18.1 Å². The molecule has 0 aromatic heterocycles. The molecule has 2 aliphatic heterocycles. The molecule has 2 unspecified atom stereocenters. The Labute approximate surface area is 119 Å². The third-order valence-corrected chi connectivity index (χ3v) is 4.57. The van der Waals surface area contributed by atoms with Crippen LogP contribution in [-0.4, -0.2) is 36.0 Å². The molecular formula is C16H22N2O2. The van der Waals surface area contributed by atoms with Crippen LogP contribution in [0.3, 0.4) is 0 Å². The number of rotatable bonds is 3. The summed E-state index contributed by atoms with van der Waals surface area (Å²) in [5, 5.41) is 0. The summed E-state index contributed by atoms with van der Waals surface area (Å²) in [5.74, 6) is 1.07. The maximum absolute atomic E-state index is 12.5. The van der Waals surface area contributed by atoms with Gasteiger partial charge in [-0.2, -0.15) is 0 Å². The summed E-state index contributed by atoms with van der Waals surface area (Å²) in [6, 6.07) is 8.76. The van der Waals surface area contributed by atoms with Gasteiger partial charge < -0.3 is 15.4 Å². The zero-order valence-corrected chi connectivity index (χ0v) is 11.9. The van der Waals surface area contributed by atoms with E-state index in [1.807, 2.05) is 24.3 Å². The Morgan fingerprint density at radius 1 is 1.25 bits per heavy atom. The lowest BCUT2D eigenvalue weighted by Gasteiger charge is -2.37. The Balaban J connectivity index is 1.67. The Kier molecular flexibility index (Phi) is 3.66. The topological polar surface area (TPSA) is 55.6 Å². The molecule has 2 aliphatic rings. The first-order chi connectivity index (χ1) is 9.67. The second-order valence-electron chi connectivity index (χ2n) is 5.94. The highest BCUT2D eigenvalue weighted by atomic mass is 16.5. The fourth-order valence-corrected chi connectivity index (χ4v) is 3.64. The number of nitrogens with two attached hydrogens (primary N) is 1. The first kappa shape index (κ1) is 13.4. The van der Waals surface area contributed by atoms with E-state index in [1.54, 1.807) is 7.11 Å². The normalized spacial score (nSPS) is 28.5. The standard InChI is InChI=1S/C16H22N2O2/c1-20-15-6-2-11(3-7-15)8-16(19)18-13-4-5-14(18)10-12(17)9-13/h2-3,6-7,12-14H,4-5,8-10,17H2,1H3. The molecule has 2 saturated heterocycles. The molecule has 0 spiro atoms. The first-order valence-electron chi connectivity index (χ1n) is 7.37. The number of piperidine rings is 1. The Hall–Kier alpha value is -1.55. The van der Waals surface area contributed by atoms with Crippen LogP contribution >= 0.6 is 0 Å². The summed E-state index contributed by atoms with van der Waals surface area (Å²) in [6.07, 6.45) is 4.64. The average Bonchev–Trinajstić information content (AvgIpc) is 2.72. The van der Waals surface area contributed by atoms with Crippen molar-refractivity contribution in [3.05, 3.63) is 29.8 Å². The largest absolute Gasteiger partial charge is 0.497 e. The molecule has 2 atom stereocenters. The van der Waals surface area contributed by atoms with Crippen LogP contribution < -0.4 is 10.5 Å². The van der Waals surface area contributed by atoms with Gasteiger partial charge in [-0.15, -0.1) is 0 Å². The van der Waals surface area contributed by atoms with Gasteiger partial charge in [0.05, 0.1) is 13.5 Å². The molecule has 0 aliphatic carbocycles. The second kappa shape index (κ2) is 5.44. The zero-order valence-electron chi connectivity index (χ0n) is 11.9. The number of amides is 1. The Morgan fingerprint density at radius 2 is 1.85 bits per heavy atom. The van der Waals surface area contributed by atoms with E-state index >= 15 is 0 Å². The Morgan fingerprint density at radius 3 is 2.40 bits per heavy atom. The molecule has 1 aromatic rings. The number of nitrogens with zero attached hydrogens (tertiary/aromatic N) is 1. The first-order valence-corrected chi connectivity index (χ1v) is 7.37. The van der Waals surface area contributed by atoms with Gasteiger partial charge in [0.25, 0.3) is 0 Å². The van der Waals surface area contributed by atoms with Gasteiger partial charge in [0.1, 0.15) is 5.75 Å². The van der Waals surface area contributed by atoms with Crippen LogP contribution in [0.2, 0.25) is 0 Å². The fourth-order valence-electron chi connectivity index (χ4n) is 3.64. The smallest absolute Gasteiger partial charge is 0.227 e. The number of ether oxygens (including phenoxy) is 1. The van der Waals surface area contributed by atoms with Gasteiger partial charge in [0.15, 0.2) is 0 Å². The van der Waals surface area contributed by atoms with Gasteiger partial charge >= 0.3 is 0 Å². The molecule has 3 rings (SSSR count). The minimum absolute atomic E-state index is 0.245. The third-order valence-electron chi connectivity index (χ3n) is 4.57. The van der Waals surface area contributed by atoms with E-state index in [0.717, 1.165) is 37.0 Å². The zero-order chi connectivity index (χ0) is 14.1. The number of hydrogen-bond donors (Lipinski definition) is 1. The predicted molar refractivity (Wildman–Crippen MR) is 77.6 cm³/mol. The van der Waals surface area contributed by atoms with Crippen molar-refractivity contribution >= 4 is 5.91 Å². The molecule has 2 fully saturated rings. The lowest BCUT2D eigenvalue weighted by molar-refractivity contribution is -0.135. The van der Waals surface area contributed by atoms with E-state index < -0.39 is 0 Å². The molecule has 2 heterocycles. The van der Waals surface area contributed by atoms with Crippen molar-refractivity contribution in [2.24, 2.45) is 5.73 Å². The van der Waals surface area contributed by atoms with Crippen LogP contribution in [0.4, 0.5) is 0 Å². The molecule has 108 valence electrons. The minimum Gasteiger partial charge on any atom is -0.497 e. The number of carbonyl (C=O) groups excluding carboxylic acids is 1. The quantitative estimate of drug-likeness (QED) is 0.913. The van der Waals surface area contributed by atoms with Crippen molar-refractivity contribution in [3.63, 3.8) is 0 Å². The third kappa shape index (κ3) is 2.52. The van der Waals surface area contributed by atoms with Crippen LogP contribution in [0.5, 0.6) is 5.75 Å². The summed E-state index contributed by atoms with van der Waals surface area (Å²) in [7, 11) is 1.65. The molecule has 0 radical (unpaired) electrons. The maximum Gasteiger partial charge on any atom is 0.227 e. The van der Waals surface area contributed by atoms with Gasteiger partial charge in [-0.3, -0.25) is 4.79 Å². The van der Waals surface area contributed by atoms with Crippen molar-refractivity contribution in [2.45, 2.75) is 50.2 Å². The number of hydrogen-bond acceptors (Lipinski definition) is 3. The number of methoxy groups -OCH3 is 1. The van der Waals surface area contributed by atoms with Crippen molar-refractivity contribution < 1.29 is 9.53 Å². The van der Waals surface area contributed by atoms with Crippen molar-refractivity contribution in [2.75, 3.05) is 7.11 Å². The average molecular weight is 274 g/mol. The maximum atomic E-state index is 12.5. The molecular weight excluding hydrogens is 252 g/mol. The molecule has 2 bridgehead atoms.